The van der Waals surface area contributed by atoms with E-state index in [0.717, 1.165) is 37.2 Å². The Bertz CT molecular complexity index is 1070. The molecule has 2 atom stereocenters. The van der Waals surface area contributed by atoms with Gasteiger partial charge in [-0.25, -0.2) is 4.39 Å². The van der Waals surface area contributed by atoms with E-state index in [1.54, 1.807) is 6.07 Å². The van der Waals surface area contributed by atoms with Gasteiger partial charge in [-0.2, -0.15) is 4.39 Å². The third-order valence-electron chi connectivity index (χ3n) is 10.2. The van der Waals surface area contributed by atoms with Gasteiger partial charge in [-0.1, -0.05) is 50.1 Å². The van der Waals surface area contributed by atoms with Crippen LogP contribution in [0.15, 0.2) is 49.1 Å². The zero-order chi connectivity index (χ0) is 27.9. The molecule has 2 aromatic rings. The van der Waals surface area contributed by atoms with Crippen molar-refractivity contribution in [2.45, 2.75) is 102 Å². The Kier molecular flexibility index (Phi) is 10.3. The highest BCUT2D eigenvalue weighted by molar-refractivity contribution is 5.65. The molecule has 218 valence electrons. The van der Waals surface area contributed by atoms with E-state index in [1.807, 2.05) is 19.1 Å². The summed E-state index contributed by atoms with van der Waals surface area (Å²) in [6.45, 7) is 7.15. The standard InChI is InChI=1S/C36H48F2O2/c1-3-5-6-25-7-9-30(10-8-25)33-21-19-31(24-40-33)28-13-11-26(12-14-28)27-15-17-29(18-16-27)32-20-22-34(39-23-4-2)36(38)35(32)37/h3,15-18,20,22,25-26,28,30-31,33H,1,4-14,19,21,23-24H2,2H3. The second-order valence-electron chi connectivity index (χ2n) is 12.7. The summed E-state index contributed by atoms with van der Waals surface area (Å²) in [7, 11) is 0. The Morgan fingerprint density at radius 3 is 2.17 bits per heavy atom. The largest absolute Gasteiger partial charge is 0.490 e. The summed E-state index contributed by atoms with van der Waals surface area (Å²) >= 11 is 0. The normalized spacial score (nSPS) is 29.2. The first-order valence-electron chi connectivity index (χ1n) is 16.0. The van der Waals surface area contributed by atoms with Crippen molar-refractivity contribution in [3.63, 3.8) is 0 Å². The Hall–Kier alpha value is -2.20. The van der Waals surface area contributed by atoms with Crippen LogP contribution in [0.3, 0.4) is 0 Å². The van der Waals surface area contributed by atoms with Crippen LogP contribution in [0.25, 0.3) is 11.1 Å². The van der Waals surface area contributed by atoms with Gasteiger partial charge in [0.05, 0.1) is 19.3 Å². The fraction of sp³-hybridized carbons (Fsp3) is 0.611. The number of benzene rings is 2. The summed E-state index contributed by atoms with van der Waals surface area (Å²) in [5.74, 6) is 1.95. The monoisotopic (exact) mass is 550 g/mol. The lowest BCUT2D eigenvalue weighted by molar-refractivity contribution is -0.0732. The highest BCUT2D eigenvalue weighted by Crippen LogP contribution is 2.44. The molecule has 5 rings (SSSR count). The van der Waals surface area contributed by atoms with Crippen molar-refractivity contribution in [1.29, 1.82) is 0 Å². The van der Waals surface area contributed by atoms with Gasteiger partial charge in [-0.3, -0.25) is 0 Å². The third-order valence-corrected chi connectivity index (χ3v) is 10.2. The molecule has 1 heterocycles. The summed E-state index contributed by atoms with van der Waals surface area (Å²) in [5, 5.41) is 0. The highest BCUT2D eigenvalue weighted by Gasteiger charge is 2.35. The molecule has 1 saturated heterocycles. The van der Waals surface area contributed by atoms with E-state index < -0.39 is 11.6 Å². The molecule has 1 aliphatic heterocycles. The predicted molar refractivity (Wildman–Crippen MR) is 160 cm³/mol. The van der Waals surface area contributed by atoms with Gasteiger partial charge in [0, 0.05) is 5.56 Å². The van der Waals surface area contributed by atoms with Crippen LogP contribution in [0.1, 0.15) is 102 Å². The van der Waals surface area contributed by atoms with E-state index in [1.165, 1.54) is 82.3 Å². The maximum atomic E-state index is 14.8. The smallest absolute Gasteiger partial charge is 0.201 e. The van der Waals surface area contributed by atoms with Crippen molar-refractivity contribution >= 4 is 0 Å². The molecule has 2 aromatic carbocycles. The number of ether oxygens (including phenoxy) is 2. The maximum Gasteiger partial charge on any atom is 0.201 e. The molecule has 4 heteroatoms. The Balaban J connectivity index is 1.08. The molecule has 0 aromatic heterocycles. The average Bonchev–Trinajstić information content (AvgIpc) is 3.01. The summed E-state index contributed by atoms with van der Waals surface area (Å²) in [4.78, 5) is 0. The number of rotatable bonds is 10. The first kappa shape index (κ1) is 29.3. The summed E-state index contributed by atoms with van der Waals surface area (Å²) in [6, 6.07) is 11.3. The summed E-state index contributed by atoms with van der Waals surface area (Å²) in [5.41, 5.74) is 2.30. The molecule has 2 saturated carbocycles. The quantitative estimate of drug-likeness (QED) is 0.274. The zero-order valence-electron chi connectivity index (χ0n) is 24.4. The fourth-order valence-electron chi connectivity index (χ4n) is 7.67. The number of halogens is 2. The van der Waals surface area contributed by atoms with Gasteiger partial charge in [-0.15, -0.1) is 6.58 Å². The molecular formula is C36H48F2O2. The molecule has 40 heavy (non-hydrogen) atoms. The Morgan fingerprint density at radius 2 is 1.52 bits per heavy atom. The van der Waals surface area contributed by atoms with E-state index in [4.69, 9.17) is 9.47 Å². The highest BCUT2D eigenvalue weighted by atomic mass is 19.2. The van der Waals surface area contributed by atoms with Crippen molar-refractivity contribution in [3.8, 4) is 16.9 Å². The summed E-state index contributed by atoms with van der Waals surface area (Å²) < 4.78 is 41.1. The van der Waals surface area contributed by atoms with Crippen LogP contribution < -0.4 is 4.74 Å². The van der Waals surface area contributed by atoms with Crippen molar-refractivity contribution in [2.75, 3.05) is 13.2 Å². The van der Waals surface area contributed by atoms with Gasteiger partial charge in [0.15, 0.2) is 11.6 Å². The van der Waals surface area contributed by atoms with Crippen molar-refractivity contribution < 1.29 is 18.3 Å². The third kappa shape index (κ3) is 6.98. The Labute approximate surface area is 240 Å². The summed E-state index contributed by atoms with van der Waals surface area (Å²) in [6.07, 6.45) is 18.7. The van der Waals surface area contributed by atoms with Crippen LogP contribution in [-0.2, 0) is 4.74 Å². The van der Waals surface area contributed by atoms with Crippen LogP contribution in [0, 0.1) is 35.3 Å². The van der Waals surface area contributed by atoms with Crippen LogP contribution >= 0.6 is 0 Å². The molecule has 3 aliphatic rings. The minimum absolute atomic E-state index is 0.0163. The maximum absolute atomic E-state index is 14.8. The van der Waals surface area contributed by atoms with Crippen LogP contribution in [0.5, 0.6) is 5.75 Å². The van der Waals surface area contributed by atoms with Crippen molar-refractivity contribution in [3.05, 3.63) is 66.3 Å². The number of allylic oxidation sites excluding steroid dienone is 1. The predicted octanol–water partition coefficient (Wildman–Crippen LogP) is 10.3. The zero-order valence-corrected chi connectivity index (χ0v) is 24.4. The fourth-order valence-corrected chi connectivity index (χ4v) is 7.67. The van der Waals surface area contributed by atoms with Gasteiger partial charge >= 0.3 is 0 Å². The first-order chi connectivity index (χ1) is 19.6. The molecule has 3 fully saturated rings. The lowest BCUT2D eigenvalue weighted by atomic mass is 9.71. The number of hydrogen-bond acceptors (Lipinski definition) is 2. The minimum atomic E-state index is -0.905. The van der Waals surface area contributed by atoms with E-state index >= 15 is 0 Å². The van der Waals surface area contributed by atoms with Crippen LogP contribution in [0.4, 0.5) is 8.78 Å². The lowest BCUT2D eigenvalue weighted by Crippen LogP contribution is -2.37. The molecule has 0 spiro atoms. The minimum Gasteiger partial charge on any atom is -0.490 e. The van der Waals surface area contributed by atoms with Gasteiger partial charge in [0.2, 0.25) is 5.82 Å². The van der Waals surface area contributed by atoms with Gasteiger partial charge in [0.25, 0.3) is 0 Å². The van der Waals surface area contributed by atoms with Crippen molar-refractivity contribution in [2.24, 2.45) is 23.7 Å². The van der Waals surface area contributed by atoms with Gasteiger partial charge in [0.1, 0.15) is 0 Å². The second kappa shape index (κ2) is 14.1. The van der Waals surface area contributed by atoms with E-state index in [2.05, 4.69) is 24.8 Å². The van der Waals surface area contributed by atoms with Gasteiger partial charge < -0.3 is 9.47 Å². The van der Waals surface area contributed by atoms with Gasteiger partial charge in [-0.05, 0) is 123 Å². The SMILES string of the molecule is C=CCCC1CCC(C2CCC(C3CCC(c4ccc(-c5ccc(OCCC)c(F)c5F)cc4)CC3)CO2)CC1. The lowest BCUT2D eigenvalue weighted by Gasteiger charge is -2.41. The van der Waals surface area contributed by atoms with Crippen LogP contribution in [0.2, 0.25) is 0 Å². The molecule has 0 N–H and O–H groups in total. The van der Waals surface area contributed by atoms with E-state index in [0.29, 0.717) is 30.1 Å². The number of hydrogen-bond donors (Lipinski definition) is 0. The second-order valence-corrected chi connectivity index (χ2v) is 12.7. The molecule has 0 radical (unpaired) electrons. The van der Waals surface area contributed by atoms with Crippen molar-refractivity contribution in [1.82, 2.24) is 0 Å². The van der Waals surface area contributed by atoms with Crippen LogP contribution in [-0.4, -0.2) is 19.3 Å². The van der Waals surface area contributed by atoms with E-state index in [-0.39, 0.29) is 11.3 Å². The molecule has 2 nitrogen and oxygen atoms in total. The topological polar surface area (TPSA) is 18.5 Å². The molecule has 2 unspecified atom stereocenters. The molecule has 0 amide bonds. The molecular weight excluding hydrogens is 502 g/mol. The molecule has 0 bridgehead atoms. The Morgan fingerprint density at radius 1 is 0.825 bits per heavy atom. The first-order valence-corrected chi connectivity index (χ1v) is 16.0. The van der Waals surface area contributed by atoms with E-state index in [9.17, 15) is 8.78 Å². The molecule has 2 aliphatic carbocycles. The average molecular weight is 551 g/mol.